The summed E-state index contributed by atoms with van der Waals surface area (Å²) in [6.07, 6.45) is 8.09. The minimum absolute atomic E-state index is 0.200. The van der Waals surface area contributed by atoms with Crippen LogP contribution in [0.15, 0.2) is 0 Å². The number of aliphatic hydroxyl groups is 1. The molecule has 0 aliphatic carbocycles. The van der Waals surface area contributed by atoms with Crippen LogP contribution in [0, 0.1) is 0 Å². The van der Waals surface area contributed by atoms with Gasteiger partial charge in [0, 0.05) is 25.6 Å². The summed E-state index contributed by atoms with van der Waals surface area (Å²) in [6, 6.07) is 0.486. The van der Waals surface area contributed by atoms with E-state index in [1.54, 1.807) is 0 Å². The number of likely N-dealkylation sites (tertiary alicyclic amines) is 1. The number of carbonyl (C=O) groups excluding carboxylic acids is 1. The highest BCUT2D eigenvalue weighted by molar-refractivity contribution is 5.76. The van der Waals surface area contributed by atoms with Crippen LogP contribution in [0.4, 0.5) is 0 Å². The van der Waals surface area contributed by atoms with Crippen molar-refractivity contribution in [1.82, 2.24) is 4.90 Å². The Morgan fingerprint density at radius 3 is 2.88 bits per heavy atom. The van der Waals surface area contributed by atoms with Gasteiger partial charge < -0.3 is 10.0 Å². The lowest BCUT2D eigenvalue weighted by atomic mass is 9.97. The third-order valence-electron chi connectivity index (χ3n) is 3.37. The van der Waals surface area contributed by atoms with Crippen molar-refractivity contribution in [2.24, 2.45) is 0 Å². The number of carbonyl (C=O) groups is 1. The number of rotatable bonds is 6. The third-order valence-corrected chi connectivity index (χ3v) is 3.37. The zero-order chi connectivity index (χ0) is 11.8. The van der Waals surface area contributed by atoms with Crippen LogP contribution in [0.25, 0.3) is 0 Å². The van der Waals surface area contributed by atoms with Gasteiger partial charge >= 0.3 is 0 Å². The van der Waals surface area contributed by atoms with Gasteiger partial charge in [-0.15, -0.1) is 0 Å². The standard InChI is InChI=1S/C13H25NO2/c1-2-7-12-8-3-5-10-14(12)13(16)9-4-6-11-15/h12,15H,2-11H2,1H3. The monoisotopic (exact) mass is 227 g/mol. The topological polar surface area (TPSA) is 40.5 Å². The first-order valence-corrected chi connectivity index (χ1v) is 6.70. The third kappa shape index (κ3) is 4.12. The predicted octanol–water partition coefficient (Wildman–Crippen LogP) is 2.33. The molecule has 1 N–H and O–H groups in total. The molecule has 0 saturated carbocycles. The Kier molecular flexibility index (Phi) is 6.46. The molecule has 3 heteroatoms. The summed E-state index contributed by atoms with van der Waals surface area (Å²) in [5.41, 5.74) is 0. The summed E-state index contributed by atoms with van der Waals surface area (Å²) in [4.78, 5) is 14.1. The van der Waals surface area contributed by atoms with Crippen LogP contribution in [0.2, 0.25) is 0 Å². The molecule has 1 amide bonds. The highest BCUT2D eigenvalue weighted by Crippen LogP contribution is 2.21. The fourth-order valence-electron chi connectivity index (χ4n) is 2.49. The molecule has 0 radical (unpaired) electrons. The summed E-state index contributed by atoms with van der Waals surface area (Å²) in [5.74, 6) is 0.298. The van der Waals surface area contributed by atoms with E-state index < -0.39 is 0 Å². The van der Waals surface area contributed by atoms with Gasteiger partial charge in [-0.2, -0.15) is 0 Å². The van der Waals surface area contributed by atoms with Crippen molar-refractivity contribution >= 4 is 5.91 Å². The van der Waals surface area contributed by atoms with E-state index in [9.17, 15) is 4.79 Å². The largest absolute Gasteiger partial charge is 0.396 e. The summed E-state index contributed by atoms with van der Waals surface area (Å²) in [6.45, 7) is 3.33. The van der Waals surface area contributed by atoms with Crippen molar-refractivity contribution in [2.45, 2.75) is 64.3 Å². The second-order valence-electron chi connectivity index (χ2n) is 4.71. The zero-order valence-corrected chi connectivity index (χ0v) is 10.5. The highest BCUT2D eigenvalue weighted by atomic mass is 16.3. The molecule has 94 valence electrons. The number of piperidine rings is 1. The Morgan fingerprint density at radius 1 is 1.38 bits per heavy atom. The van der Waals surface area contributed by atoms with Gasteiger partial charge in [-0.1, -0.05) is 13.3 Å². The molecule has 1 aliphatic rings. The van der Waals surface area contributed by atoms with Gasteiger partial charge in [0.25, 0.3) is 0 Å². The van der Waals surface area contributed by atoms with Gasteiger partial charge in [0.15, 0.2) is 0 Å². The van der Waals surface area contributed by atoms with Crippen LogP contribution in [-0.2, 0) is 4.79 Å². The lowest BCUT2D eigenvalue weighted by molar-refractivity contribution is -0.135. The molecule has 1 aliphatic heterocycles. The molecule has 3 nitrogen and oxygen atoms in total. The molecule has 0 aromatic rings. The molecule has 0 aromatic carbocycles. The van der Waals surface area contributed by atoms with Gasteiger partial charge in [-0.3, -0.25) is 4.79 Å². The predicted molar refractivity (Wildman–Crippen MR) is 65.2 cm³/mol. The van der Waals surface area contributed by atoms with E-state index in [1.807, 2.05) is 0 Å². The molecule has 1 atom stereocenters. The minimum atomic E-state index is 0.200. The Hall–Kier alpha value is -0.570. The molecule has 0 bridgehead atoms. The Bertz CT molecular complexity index is 204. The number of aliphatic hydroxyl groups excluding tert-OH is 1. The molecule has 16 heavy (non-hydrogen) atoms. The second-order valence-corrected chi connectivity index (χ2v) is 4.71. The van der Waals surface area contributed by atoms with Crippen molar-refractivity contribution in [3.63, 3.8) is 0 Å². The van der Waals surface area contributed by atoms with Gasteiger partial charge in [0.1, 0.15) is 0 Å². The Morgan fingerprint density at radius 2 is 2.19 bits per heavy atom. The zero-order valence-electron chi connectivity index (χ0n) is 10.5. The summed E-state index contributed by atoms with van der Waals surface area (Å²) >= 11 is 0. The fraction of sp³-hybridized carbons (Fsp3) is 0.923. The maximum Gasteiger partial charge on any atom is 0.222 e. The normalized spacial score (nSPS) is 21.1. The Labute approximate surface area is 98.8 Å². The van der Waals surface area contributed by atoms with Gasteiger partial charge in [0.2, 0.25) is 5.91 Å². The summed E-state index contributed by atoms with van der Waals surface area (Å²) < 4.78 is 0. The van der Waals surface area contributed by atoms with Crippen molar-refractivity contribution in [3.8, 4) is 0 Å². The SMILES string of the molecule is CCCC1CCCCN1C(=O)CCCCO. The van der Waals surface area contributed by atoms with E-state index in [0.717, 1.165) is 38.6 Å². The maximum atomic E-state index is 12.0. The van der Waals surface area contributed by atoms with Crippen LogP contribution in [0.1, 0.15) is 58.3 Å². The average molecular weight is 227 g/mol. The summed E-state index contributed by atoms with van der Waals surface area (Å²) in [7, 11) is 0. The molecule has 0 aromatic heterocycles. The van der Waals surface area contributed by atoms with Crippen LogP contribution < -0.4 is 0 Å². The van der Waals surface area contributed by atoms with E-state index in [-0.39, 0.29) is 6.61 Å². The van der Waals surface area contributed by atoms with E-state index >= 15 is 0 Å². The molecule has 1 rings (SSSR count). The number of hydrogen-bond acceptors (Lipinski definition) is 2. The average Bonchev–Trinajstić information content (AvgIpc) is 2.30. The van der Waals surface area contributed by atoms with Gasteiger partial charge in [-0.25, -0.2) is 0 Å². The van der Waals surface area contributed by atoms with Gasteiger partial charge in [0.05, 0.1) is 0 Å². The van der Waals surface area contributed by atoms with Crippen LogP contribution in [0.5, 0.6) is 0 Å². The number of nitrogens with zero attached hydrogens (tertiary/aromatic N) is 1. The van der Waals surface area contributed by atoms with Crippen molar-refractivity contribution in [3.05, 3.63) is 0 Å². The van der Waals surface area contributed by atoms with Crippen LogP contribution >= 0.6 is 0 Å². The smallest absolute Gasteiger partial charge is 0.222 e. The Balaban J connectivity index is 2.37. The molecular weight excluding hydrogens is 202 g/mol. The quantitative estimate of drug-likeness (QED) is 0.707. The number of unbranched alkanes of at least 4 members (excludes halogenated alkanes) is 1. The fourth-order valence-corrected chi connectivity index (χ4v) is 2.49. The molecule has 1 fully saturated rings. The molecule has 1 heterocycles. The molecule has 1 saturated heterocycles. The lowest BCUT2D eigenvalue weighted by Gasteiger charge is -2.36. The van der Waals surface area contributed by atoms with E-state index in [4.69, 9.17) is 5.11 Å². The minimum Gasteiger partial charge on any atom is -0.396 e. The molecular formula is C13H25NO2. The van der Waals surface area contributed by atoms with Crippen LogP contribution in [0.3, 0.4) is 0 Å². The lowest BCUT2D eigenvalue weighted by Crippen LogP contribution is -2.43. The highest BCUT2D eigenvalue weighted by Gasteiger charge is 2.25. The first kappa shape index (κ1) is 13.5. The first-order chi connectivity index (χ1) is 7.79. The van der Waals surface area contributed by atoms with E-state index in [1.165, 1.54) is 12.8 Å². The van der Waals surface area contributed by atoms with E-state index in [0.29, 0.717) is 18.4 Å². The molecule has 0 spiro atoms. The number of amides is 1. The first-order valence-electron chi connectivity index (χ1n) is 6.70. The van der Waals surface area contributed by atoms with Crippen LogP contribution in [-0.4, -0.2) is 35.1 Å². The van der Waals surface area contributed by atoms with Gasteiger partial charge in [-0.05, 0) is 38.5 Å². The van der Waals surface area contributed by atoms with Crippen molar-refractivity contribution < 1.29 is 9.90 Å². The molecule has 1 unspecified atom stereocenters. The maximum absolute atomic E-state index is 12.0. The van der Waals surface area contributed by atoms with E-state index in [2.05, 4.69) is 11.8 Å². The number of hydrogen-bond donors (Lipinski definition) is 1. The second kappa shape index (κ2) is 7.66. The van der Waals surface area contributed by atoms with Crippen molar-refractivity contribution in [1.29, 1.82) is 0 Å². The summed E-state index contributed by atoms with van der Waals surface area (Å²) in [5, 5.41) is 8.70. The van der Waals surface area contributed by atoms with Crippen molar-refractivity contribution in [2.75, 3.05) is 13.2 Å².